The van der Waals surface area contributed by atoms with E-state index in [-0.39, 0.29) is 16.7 Å². The van der Waals surface area contributed by atoms with Gasteiger partial charge < -0.3 is 4.74 Å². The summed E-state index contributed by atoms with van der Waals surface area (Å²) in [5.74, 6) is -0.724. The number of benzene rings is 2. The second-order valence-electron chi connectivity index (χ2n) is 5.41. The van der Waals surface area contributed by atoms with Crippen LogP contribution in [0.15, 0.2) is 58.8 Å². The molecule has 3 rings (SSSR count). The highest BCUT2D eigenvalue weighted by molar-refractivity contribution is 5.90. The van der Waals surface area contributed by atoms with Crippen LogP contribution in [0.5, 0.6) is 0 Å². The van der Waals surface area contributed by atoms with Gasteiger partial charge in [-0.3, -0.25) is 0 Å². The Labute approximate surface area is 141 Å². The largest absolute Gasteiger partial charge is 0.465 e. The average Bonchev–Trinajstić information content (AvgIpc) is 3.42. The van der Waals surface area contributed by atoms with Crippen LogP contribution in [0.4, 0.5) is 13.2 Å². The topological polar surface area (TPSA) is 51.0 Å². The number of ether oxygens (including phenoxy) is 1. The van der Waals surface area contributed by atoms with Gasteiger partial charge in [0.1, 0.15) is 0 Å². The Hall–Kier alpha value is -2.96. The number of hydrogen-bond donors (Lipinski definition) is 0. The van der Waals surface area contributed by atoms with Crippen molar-refractivity contribution in [3.63, 3.8) is 0 Å². The van der Waals surface area contributed by atoms with Crippen molar-refractivity contribution < 1.29 is 22.7 Å². The van der Waals surface area contributed by atoms with E-state index in [4.69, 9.17) is 0 Å². The number of methoxy groups -OCH3 is 1. The van der Waals surface area contributed by atoms with Crippen LogP contribution in [0.1, 0.15) is 27.0 Å². The summed E-state index contributed by atoms with van der Waals surface area (Å²) in [6, 6.07) is 13.1. The molecule has 128 valence electrons. The van der Waals surface area contributed by atoms with Crippen molar-refractivity contribution in [1.29, 1.82) is 0 Å². The lowest BCUT2D eigenvalue weighted by atomic mass is 9.94. The van der Waals surface area contributed by atoms with Crippen molar-refractivity contribution >= 4 is 18.1 Å². The molecule has 0 atom stereocenters. The lowest BCUT2D eigenvalue weighted by molar-refractivity contribution is -0.166. The molecule has 0 bridgehead atoms. The van der Waals surface area contributed by atoms with Crippen LogP contribution < -0.4 is 0 Å². The quantitative estimate of drug-likeness (QED) is 0.588. The molecule has 0 saturated heterocycles. The van der Waals surface area contributed by atoms with Crippen LogP contribution >= 0.6 is 0 Å². The smallest absolute Gasteiger partial charge is 0.442 e. The van der Waals surface area contributed by atoms with Crippen molar-refractivity contribution in [3.8, 4) is 0 Å². The summed E-state index contributed by atoms with van der Waals surface area (Å²) in [5, 5.41) is 6.46. The van der Waals surface area contributed by atoms with Gasteiger partial charge >= 0.3 is 17.8 Å². The first kappa shape index (κ1) is 16.9. The van der Waals surface area contributed by atoms with Crippen LogP contribution in [0.2, 0.25) is 0 Å². The molecule has 0 unspecified atom stereocenters. The highest BCUT2D eigenvalue weighted by Gasteiger charge is 2.65. The first-order valence-corrected chi connectivity index (χ1v) is 7.34. The summed E-state index contributed by atoms with van der Waals surface area (Å²) in [6.07, 6.45) is -1.46. The fourth-order valence-corrected chi connectivity index (χ4v) is 2.42. The first-order chi connectivity index (χ1) is 11.9. The van der Waals surface area contributed by atoms with Gasteiger partial charge in [-0.25, -0.2) is 4.79 Å². The molecule has 1 aliphatic rings. The molecular weight excluding hydrogens is 333 g/mol. The van der Waals surface area contributed by atoms with Gasteiger partial charge in [0.05, 0.1) is 12.7 Å². The maximum absolute atomic E-state index is 13.4. The summed E-state index contributed by atoms with van der Waals surface area (Å²) in [4.78, 5) is 11.7. The fourth-order valence-electron chi connectivity index (χ4n) is 2.42. The molecule has 25 heavy (non-hydrogen) atoms. The zero-order valence-electron chi connectivity index (χ0n) is 13.1. The minimum Gasteiger partial charge on any atom is -0.465 e. The Morgan fingerprint density at radius 3 is 2.32 bits per heavy atom. The third-order valence-corrected chi connectivity index (χ3v) is 3.80. The molecule has 2 aromatic carbocycles. The molecule has 0 radical (unpaired) electrons. The van der Waals surface area contributed by atoms with E-state index in [1.165, 1.54) is 12.1 Å². The monoisotopic (exact) mass is 346 g/mol. The van der Waals surface area contributed by atoms with Crippen LogP contribution in [0, 0.1) is 0 Å². The summed E-state index contributed by atoms with van der Waals surface area (Å²) in [6.45, 7) is 0. The predicted molar refractivity (Wildman–Crippen MR) is 85.7 cm³/mol. The molecular formula is C18H13F3N2O2. The number of carbonyl (C=O) groups is 1. The van der Waals surface area contributed by atoms with Gasteiger partial charge in [-0.1, -0.05) is 48.6 Å². The van der Waals surface area contributed by atoms with Gasteiger partial charge in [-0.2, -0.15) is 13.2 Å². The van der Waals surface area contributed by atoms with Gasteiger partial charge in [-0.15, -0.1) is 10.2 Å². The molecule has 0 aromatic heterocycles. The van der Waals surface area contributed by atoms with Crippen molar-refractivity contribution in [2.45, 2.75) is 11.8 Å². The van der Waals surface area contributed by atoms with E-state index in [1.54, 1.807) is 12.2 Å². The van der Waals surface area contributed by atoms with E-state index in [0.717, 1.165) is 18.7 Å². The number of rotatable bonds is 4. The van der Waals surface area contributed by atoms with E-state index in [2.05, 4.69) is 15.0 Å². The van der Waals surface area contributed by atoms with E-state index >= 15 is 0 Å². The molecule has 0 amide bonds. The van der Waals surface area contributed by atoms with Gasteiger partial charge in [0.25, 0.3) is 0 Å². The number of halogens is 3. The molecule has 0 fully saturated rings. The van der Waals surface area contributed by atoms with Crippen LogP contribution in [0.3, 0.4) is 0 Å². The minimum absolute atomic E-state index is 0.00952. The van der Waals surface area contributed by atoms with Gasteiger partial charge in [0.15, 0.2) is 0 Å². The Morgan fingerprint density at radius 2 is 1.76 bits per heavy atom. The zero-order chi connectivity index (χ0) is 18.1. The molecule has 0 saturated carbocycles. The normalized spacial score (nSPS) is 15.4. The standard InChI is InChI=1S/C18H13F3N2O2/c1-25-16(24)14-10-9-13(8-7-12-5-3-2-4-6-12)15(11-14)17(22-23-17)18(19,20)21/h2-11H,1H3. The zero-order valence-corrected chi connectivity index (χ0v) is 13.1. The van der Waals surface area contributed by atoms with Crippen molar-refractivity contribution in [1.82, 2.24) is 0 Å². The van der Waals surface area contributed by atoms with E-state index in [1.807, 2.05) is 30.3 Å². The lowest BCUT2D eigenvalue weighted by Gasteiger charge is -2.18. The van der Waals surface area contributed by atoms with Gasteiger partial charge in [0, 0.05) is 5.56 Å². The molecule has 0 spiro atoms. The fraction of sp³-hybridized carbons (Fsp3) is 0.167. The van der Waals surface area contributed by atoms with E-state index < -0.39 is 17.8 Å². The number of nitrogens with zero attached hydrogens (tertiary/aromatic N) is 2. The molecule has 4 nitrogen and oxygen atoms in total. The predicted octanol–water partition coefficient (Wildman–Crippen LogP) is 4.82. The second kappa shape index (κ2) is 6.16. The summed E-state index contributed by atoms with van der Waals surface area (Å²) in [5.41, 5.74) is -1.70. The number of carbonyl (C=O) groups excluding carboxylic acids is 1. The molecule has 1 heterocycles. The molecule has 7 heteroatoms. The van der Waals surface area contributed by atoms with Gasteiger partial charge in [-0.05, 0) is 23.3 Å². The molecule has 0 N–H and O–H groups in total. The highest BCUT2D eigenvalue weighted by atomic mass is 19.4. The summed E-state index contributed by atoms with van der Waals surface area (Å²) < 4.78 is 44.8. The van der Waals surface area contributed by atoms with Crippen molar-refractivity contribution in [2.24, 2.45) is 10.2 Å². The summed E-state index contributed by atoms with van der Waals surface area (Å²) >= 11 is 0. The maximum atomic E-state index is 13.4. The third-order valence-electron chi connectivity index (χ3n) is 3.80. The Balaban J connectivity index is 2.06. The number of hydrogen-bond acceptors (Lipinski definition) is 4. The third kappa shape index (κ3) is 3.17. The molecule has 2 aromatic rings. The Bertz CT molecular complexity index is 852. The molecule has 0 aliphatic carbocycles. The molecule has 1 aliphatic heterocycles. The van der Waals surface area contributed by atoms with E-state index in [9.17, 15) is 18.0 Å². The SMILES string of the molecule is COC(=O)c1ccc(C=Cc2ccccc2)c(C2(C(F)(F)F)N=N2)c1. The van der Waals surface area contributed by atoms with Crippen molar-refractivity contribution in [2.75, 3.05) is 7.11 Å². The second-order valence-corrected chi connectivity index (χ2v) is 5.41. The van der Waals surface area contributed by atoms with Crippen LogP contribution in [-0.4, -0.2) is 19.3 Å². The maximum Gasteiger partial charge on any atom is 0.442 e. The van der Waals surface area contributed by atoms with Crippen LogP contribution in [0.25, 0.3) is 12.2 Å². The van der Waals surface area contributed by atoms with E-state index in [0.29, 0.717) is 0 Å². The summed E-state index contributed by atoms with van der Waals surface area (Å²) in [7, 11) is 1.16. The number of esters is 1. The highest BCUT2D eigenvalue weighted by Crippen LogP contribution is 2.53. The van der Waals surface area contributed by atoms with Gasteiger partial charge in [0.2, 0.25) is 0 Å². The Kier molecular flexibility index (Phi) is 4.16. The average molecular weight is 346 g/mol. The number of alkyl halides is 3. The lowest BCUT2D eigenvalue weighted by Crippen LogP contribution is -2.31. The van der Waals surface area contributed by atoms with Crippen molar-refractivity contribution in [3.05, 3.63) is 70.8 Å². The Morgan fingerprint density at radius 1 is 1.08 bits per heavy atom. The minimum atomic E-state index is -4.68. The first-order valence-electron chi connectivity index (χ1n) is 7.34. The van der Waals surface area contributed by atoms with Crippen LogP contribution in [-0.2, 0) is 10.4 Å².